The van der Waals surface area contributed by atoms with E-state index < -0.39 is 20.6 Å². The molecule has 0 radical (unpaired) electrons. The zero-order valence-electron chi connectivity index (χ0n) is 11.5. The van der Waals surface area contributed by atoms with Crippen LogP contribution < -0.4 is 4.74 Å². The fraction of sp³-hybridized carbons (Fsp3) is 0.500. The second kappa shape index (κ2) is 5.09. The maximum atomic E-state index is 12.6. The van der Waals surface area contributed by atoms with Gasteiger partial charge in [-0.1, -0.05) is 13.3 Å². The average molecular weight is 298 g/mol. The lowest BCUT2D eigenvalue weighted by atomic mass is 9.73. The van der Waals surface area contributed by atoms with Crippen LogP contribution in [-0.2, 0) is 14.6 Å². The SMILES string of the molecule is CCC1CC(C(=O)O)(S(=O)(=O)c2ccc(OC)cc2)C1. The molecule has 0 atom stereocenters. The van der Waals surface area contributed by atoms with Gasteiger partial charge in [0, 0.05) is 0 Å². The molecule has 5 nitrogen and oxygen atoms in total. The molecular weight excluding hydrogens is 280 g/mol. The topological polar surface area (TPSA) is 80.7 Å². The van der Waals surface area contributed by atoms with E-state index in [-0.39, 0.29) is 23.7 Å². The third kappa shape index (κ3) is 2.08. The van der Waals surface area contributed by atoms with Crippen LogP contribution >= 0.6 is 0 Å². The van der Waals surface area contributed by atoms with Gasteiger partial charge in [0.15, 0.2) is 14.6 Å². The fourth-order valence-corrected chi connectivity index (χ4v) is 4.74. The Morgan fingerprint density at radius 1 is 1.35 bits per heavy atom. The standard InChI is InChI=1S/C14H18O5S/c1-3-10-8-14(9-10,13(15)16)20(17,18)12-6-4-11(19-2)5-7-12/h4-7,10H,3,8-9H2,1-2H3,(H,15,16). The molecule has 110 valence electrons. The summed E-state index contributed by atoms with van der Waals surface area (Å²) in [4.78, 5) is 11.5. The van der Waals surface area contributed by atoms with Crippen LogP contribution in [0.5, 0.6) is 5.75 Å². The lowest BCUT2D eigenvalue weighted by molar-refractivity contribution is -0.144. The normalized spacial score (nSPS) is 25.8. The maximum Gasteiger partial charge on any atom is 0.325 e. The molecule has 0 aliphatic heterocycles. The van der Waals surface area contributed by atoms with Crippen molar-refractivity contribution in [3.63, 3.8) is 0 Å². The highest BCUT2D eigenvalue weighted by Crippen LogP contribution is 2.48. The molecule has 1 N–H and O–H groups in total. The zero-order valence-corrected chi connectivity index (χ0v) is 12.3. The Morgan fingerprint density at radius 3 is 2.30 bits per heavy atom. The minimum Gasteiger partial charge on any atom is -0.497 e. The van der Waals surface area contributed by atoms with Crippen molar-refractivity contribution in [3.05, 3.63) is 24.3 Å². The Kier molecular flexibility index (Phi) is 3.77. The second-order valence-electron chi connectivity index (χ2n) is 5.16. The van der Waals surface area contributed by atoms with Gasteiger partial charge >= 0.3 is 5.97 Å². The molecule has 1 saturated carbocycles. The molecule has 0 heterocycles. The minimum atomic E-state index is -3.89. The highest BCUT2D eigenvalue weighted by Gasteiger charge is 2.59. The van der Waals surface area contributed by atoms with Crippen molar-refractivity contribution in [2.24, 2.45) is 5.92 Å². The first-order chi connectivity index (χ1) is 9.37. The van der Waals surface area contributed by atoms with Crippen LogP contribution in [0.2, 0.25) is 0 Å². The van der Waals surface area contributed by atoms with Crippen LogP contribution in [0.1, 0.15) is 26.2 Å². The number of benzene rings is 1. The van der Waals surface area contributed by atoms with E-state index in [9.17, 15) is 18.3 Å². The molecule has 0 saturated heterocycles. The molecule has 0 spiro atoms. The molecule has 0 aromatic heterocycles. The molecule has 1 aromatic carbocycles. The first-order valence-corrected chi connectivity index (χ1v) is 7.98. The first kappa shape index (κ1) is 14.8. The van der Waals surface area contributed by atoms with Crippen LogP contribution in [0.4, 0.5) is 0 Å². The third-order valence-corrected chi connectivity index (χ3v) is 6.52. The van der Waals surface area contributed by atoms with Gasteiger partial charge in [0.25, 0.3) is 0 Å². The van der Waals surface area contributed by atoms with E-state index in [0.717, 1.165) is 6.42 Å². The lowest BCUT2D eigenvalue weighted by Gasteiger charge is -2.43. The monoisotopic (exact) mass is 298 g/mol. The van der Waals surface area contributed by atoms with Crippen molar-refractivity contribution in [3.8, 4) is 5.75 Å². The number of hydrogen-bond acceptors (Lipinski definition) is 4. The number of methoxy groups -OCH3 is 1. The van der Waals surface area contributed by atoms with Crippen molar-refractivity contribution in [1.82, 2.24) is 0 Å². The molecule has 6 heteroatoms. The van der Waals surface area contributed by atoms with Crippen molar-refractivity contribution in [1.29, 1.82) is 0 Å². The molecule has 1 aliphatic rings. The number of rotatable bonds is 5. The number of carboxylic acid groups (broad SMARTS) is 1. The van der Waals surface area contributed by atoms with E-state index >= 15 is 0 Å². The van der Waals surface area contributed by atoms with Crippen molar-refractivity contribution in [2.75, 3.05) is 7.11 Å². The van der Waals surface area contributed by atoms with Gasteiger partial charge in [-0.05, 0) is 43.0 Å². The van der Waals surface area contributed by atoms with E-state index in [2.05, 4.69) is 0 Å². The van der Waals surface area contributed by atoms with Gasteiger partial charge in [0.05, 0.1) is 12.0 Å². The summed E-state index contributed by atoms with van der Waals surface area (Å²) in [6.45, 7) is 1.94. The minimum absolute atomic E-state index is 0.0373. The summed E-state index contributed by atoms with van der Waals surface area (Å²) in [6, 6.07) is 5.85. The van der Waals surface area contributed by atoms with Gasteiger partial charge in [0.1, 0.15) is 5.75 Å². The van der Waals surface area contributed by atoms with Gasteiger partial charge in [-0.3, -0.25) is 4.79 Å². The van der Waals surface area contributed by atoms with Gasteiger partial charge in [0.2, 0.25) is 0 Å². The van der Waals surface area contributed by atoms with Crippen LogP contribution in [0, 0.1) is 5.92 Å². The van der Waals surface area contributed by atoms with Crippen LogP contribution in [0.25, 0.3) is 0 Å². The maximum absolute atomic E-state index is 12.6. The summed E-state index contributed by atoms with van der Waals surface area (Å²) in [5.74, 6) is -0.550. The Balaban J connectivity index is 2.39. The smallest absolute Gasteiger partial charge is 0.325 e. The van der Waals surface area contributed by atoms with E-state index in [1.54, 1.807) is 0 Å². The summed E-state index contributed by atoms with van der Waals surface area (Å²) < 4.78 is 28.5. The predicted molar refractivity (Wildman–Crippen MR) is 73.6 cm³/mol. The van der Waals surface area contributed by atoms with Crippen molar-refractivity contribution < 1.29 is 23.1 Å². The zero-order chi connectivity index (χ0) is 15.0. The average Bonchev–Trinajstić information content (AvgIpc) is 2.37. The molecule has 1 fully saturated rings. The molecule has 2 rings (SSSR count). The quantitative estimate of drug-likeness (QED) is 0.900. The van der Waals surface area contributed by atoms with Gasteiger partial charge in [-0.25, -0.2) is 8.42 Å². The molecule has 1 aliphatic carbocycles. The van der Waals surface area contributed by atoms with E-state index in [1.807, 2.05) is 6.92 Å². The highest BCUT2D eigenvalue weighted by molar-refractivity contribution is 7.93. The Bertz CT molecular complexity index is 597. The largest absolute Gasteiger partial charge is 0.497 e. The number of aliphatic carboxylic acids is 1. The fourth-order valence-electron chi connectivity index (χ4n) is 2.65. The Morgan fingerprint density at radius 2 is 1.90 bits per heavy atom. The Hall–Kier alpha value is -1.56. The van der Waals surface area contributed by atoms with E-state index in [1.165, 1.54) is 31.4 Å². The van der Waals surface area contributed by atoms with E-state index in [4.69, 9.17) is 4.74 Å². The van der Waals surface area contributed by atoms with E-state index in [0.29, 0.717) is 5.75 Å². The third-order valence-electron chi connectivity index (χ3n) is 4.09. The number of ether oxygens (including phenoxy) is 1. The summed E-state index contributed by atoms with van der Waals surface area (Å²) in [6.07, 6.45) is 1.17. The van der Waals surface area contributed by atoms with Gasteiger partial charge < -0.3 is 9.84 Å². The lowest BCUT2D eigenvalue weighted by Crippen LogP contribution is -2.56. The molecule has 20 heavy (non-hydrogen) atoms. The van der Waals surface area contributed by atoms with Crippen molar-refractivity contribution in [2.45, 2.75) is 35.8 Å². The van der Waals surface area contributed by atoms with Crippen molar-refractivity contribution >= 4 is 15.8 Å². The molecular formula is C14H18O5S. The summed E-state index contributed by atoms with van der Waals surface area (Å²) in [5.41, 5.74) is 0. The second-order valence-corrected chi connectivity index (χ2v) is 7.42. The number of carbonyl (C=O) groups is 1. The van der Waals surface area contributed by atoms with Crippen LogP contribution in [0.3, 0.4) is 0 Å². The molecule has 1 aromatic rings. The molecule has 0 unspecified atom stereocenters. The van der Waals surface area contributed by atoms with Crippen LogP contribution in [0.15, 0.2) is 29.2 Å². The van der Waals surface area contributed by atoms with Gasteiger partial charge in [-0.2, -0.15) is 0 Å². The van der Waals surface area contributed by atoms with Crippen LogP contribution in [-0.4, -0.2) is 31.4 Å². The first-order valence-electron chi connectivity index (χ1n) is 6.49. The van der Waals surface area contributed by atoms with Gasteiger partial charge in [-0.15, -0.1) is 0 Å². The molecule has 0 amide bonds. The predicted octanol–water partition coefficient (Wildman–Crippen LogP) is 2.11. The summed E-state index contributed by atoms with van der Waals surface area (Å²) >= 11 is 0. The number of hydrogen-bond donors (Lipinski definition) is 1. The molecule has 0 bridgehead atoms. The number of sulfone groups is 1. The Labute approximate surface area is 118 Å². The summed E-state index contributed by atoms with van der Waals surface area (Å²) in [7, 11) is -2.40. The summed E-state index contributed by atoms with van der Waals surface area (Å²) in [5, 5.41) is 9.39. The highest BCUT2D eigenvalue weighted by atomic mass is 32.2. The number of carboxylic acids is 1.